The van der Waals surface area contributed by atoms with Crippen LogP contribution in [0.15, 0.2) is 24.3 Å². The summed E-state index contributed by atoms with van der Waals surface area (Å²) in [5.41, 5.74) is 0. The zero-order valence-electron chi connectivity index (χ0n) is 21.4. The molecule has 2 nitrogen and oxygen atoms in total. The van der Waals surface area contributed by atoms with E-state index in [0.717, 1.165) is 62.6 Å². The van der Waals surface area contributed by atoms with Gasteiger partial charge in [-0.2, -0.15) is 8.78 Å². The summed E-state index contributed by atoms with van der Waals surface area (Å²) in [5, 5.41) is 0. The molecular formula is C30H48F2O2. The molecule has 0 N–H and O–H groups in total. The highest BCUT2D eigenvalue weighted by Crippen LogP contribution is 2.43. The summed E-state index contributed by atoms with van der Waals surface area (Å²) in [5.74, 6) is 4.58. The van der Waals surface area contributed by atoms with E-state index in [1.54, 1.807) is 0 Å². The summed E-state index contributed by atoms with van der Waals surface area (Å²) < 4.78 is 37.6. The number of halogens is 2. The van der Waals surface area contributed by atoms with E-state index in [0.29, 0.717) is 11.8 Å². The molecule has 1 aliphatic heterocycles. The Labute approximate surface area is 206 Å². The van der Waals surface area contributed by atoms with Crippen molar-refractivity contribution in [3.63, 3.8) is 0 Å². The quantitative estimate of drug-likeness (QED) is 0.324. The van der Waals surface area contributed by atoms with Crippen molar-refractivity contribution in [2.75, 3.05) is 13.2 Å². The van der Waals surface area contributed by atoms with Crippen molar-refractivity contribution in [2.45, 2.75) is 110 Å². The third-order valence-electron chi connectivity index (χ3n) is 9.69. The molecule has 0 amide bonds. The molecular weight excluding hydrogens is 430 g/mol. The van der Waals surface area contributed by atoms with E-state index in [2.05, 4.69) is 19.1 Å². The van der Waals surface area contributed by atoms with Gasteiger partial charge in [-0.15, -0.1) is 0 Å². The molecule has 3 saturated carbocycles. The van der Waals surface area contributed by atoms with Crippen molar-refractivity contribution in [3.05, 3.63) is 24.3 Å². The van der Waals surface area contributed by atoms with Gasteiger partial charge in [0.2, 0.25) is 0 Å². The maximum absolute atomic E-state index is 12.5. The lowest BCUT2D eigenvalue weighted by Crippen LogP contribution is -2.39. The van der Waals surface area contributed by atoms with Crippen LogP contribution in [0.1, 0.15) is 103 Å². The van der Waals surface area contributed by atoms with Crippen LogP contribution in [0.3, 0.4) is 0 Å². The van der Waals surface area contributed by atoms with Crippen LogP contribution in [0, 0.1) is 41.4 Å². The van der Waals surface area contributed by atoms with Gasteiger partial charge in [0.05, 0.1) is 13.2 Å². The maximum Gasteiger partial charge on any atom is 0.266 e. The van der Waals surface area contributed by atoms with E-state index in [-0.39, 0.29) is 12.2 Å². The second kappa shape index (κ2) is 13.5. The molecule has 3 aliphatic carbocycles. The molecule has 0 aromatic carbocycles. The fourth-order valence-corrected chi connectivity index (χ4v) is 7.40. The molecule has 0 spiro atoms. The molecule has 1 heterocycles. The van der Waals surface area contributed by atoms with Gasteiger partial charge < -0.3 is 9.47 Å². The van der Waals surface area contributed by atoms with E-state index in [1.165, 1.54) is 76.7 Å². The second-order valence-corrected chi connectivity index (χ2v) is 12.0. The van der Waals surface area contributed by atoms with E-state index >= 15 is 0 Å². The molecule has 4 fully saturated rings. The molecule has 0 aromatic heterocycles. The van der Waals surface area contributed by atoms with Gasteiger partial charge in [-0.05, 0) is 120 Å². The number of rotatable bonds is 8. The Balaban J connectivity index is 1.08. The normalized spacial score (nSPS) is 39.7. The summed E-state index contributed by atoms with van der Waals surface area (Å²) >= 11 is 0. The average molecular weight is 479 g/mol. The minimum Gasteiger partial charge on any atom is -0.352 e. The molecule has 4 aliphatic rings. The SMILES string of the molecule is CC=CCC1CCC(CCC2COC(C3CCC(C4CCC(C=C(F)F)CC4)CC3)OC2)CC1. The zero-order chi connectivity index (χ0) is 23.8. The lowest BCUT2D eigenvalue weighted by molar-refractivity contribution is -0.230. The van der Waals surface area contributed by atoms with E-state index in [4.69, 9.17) is 9.47 Å². The zero-order valence-corrected chi connectivity index (χ0v) is 21.4. The summed E-state index contributed by atoms with van der Waals surface area (Å²) in [6.45, 7) is 3.89. The van der Waals surface area contributed by atoms with Crippen LogP contribution in [-0.2, 0) is 9.47 Å². The molecule has 0 radical (unpaired) electrons. The van der Waals surface area contributed by atoms with Crippen molar-refractivity contribution in [2.24, 2.45) is 41.4 Å². The Morgan fingerprint density at radius 2 is 1.21 bits per heavy atom. The third kappa shape index (κ3) is 7.88. The lowest BCUT2D eigenvalue weighted by Gasteiger charge is -2.41. The first-order chi connectivity index (χ1) is 16.6. The van der Waals surface area contributed by atoms with Crippen molar-refractivity contribution >= 4 is 0 Å². The highest BCUT2D eigenvalue weighted by Gasteiger charge is 2.36. The standard InChI is InChI=1S/C30H48F2O2/c1-2-3-4-22-5-7-23(8-6-22)9-10-25-20-33-30(34-21-25)28-17-15-27(16-18-28)26-13-11-24(12-14-26)19-29(31)32/h2-3,19,22-28,30H,4-18,20-21H2,1H3. The largest absolute Gasteiger partial charge is 0.352 e. The molecule has 194 valence electrons. The van der Waals surface area contributed by atoms with Crippen LogP contribution < -0.4 is 0 Å². The Morgan fingerprint density at radius 3 is 1.79 bits per heavy atom. The summed E-state index contributed by atoms with van der Waals surface area (Å²) in [4.78, 5) is 0. The number of hydrogen-bond acceptors (Lipinski definition) is 2. The van der Waals surface area contributed by atoms with Gasteiger partial charge in [0.15, 0.2) is 6.29 Å². The Bertz CT molecular complexity index is 626. The number of hydrogen-bond donors (Lipinski definition) is 0. The molecule has 0 bridgehead atoms. The maximum atomic E-state index is 12.5. The first kappa shape index (κ1) is 26.3. The number of allylic oxidation sites excluding steroid dienone is 3. The highest BCUT2D eigenvalue weighted by atomic mass is 19.3. The van der Waals surface area contributed by atoms with E-state index in [1.807, 2.05) is 0 Å². The van der Waals surface area contributed by atoms with Gasteiger partial charge in [-0.25, -0.2) is 0 Å². The lowest BCUT2D eigenvalue weighted by atomic mass is 9.69. The van der Waals surface area contributed by atoms with Crippen LogP contribution in [0.2, 0.25) is 0 Å². The topological polar surface area (TPSA) is 18.5 Å². The first-order valence-electron chi connectivity index (χ1n) is 14.5. The highest BCUT2D eigenvalue weighted by molar-refractivity contribution is 4.92. The third-order valence-corrected chi connectivity index (χ3v) is 9.69. The van der Waals surface area contributed by atoms with Gasteiger partial charge in [-0.1, -0.05) is 31.4 Å². The summed E-state index contributed by atoms with van der Waals surface area (Å²) in [7, 11) is 0. The van der Waals surface area contributed by atoms with Crippen LogP contribution in [-0.4, -0.2) is 19.5 Å². The van der Waals surface area contributed by atoms with Crippen molar-refractivity contribution < 1.29 is 18.3 Å². The van der Waals surface area contributed by atoms with E-state index in [9.17, 15) is 8.78 Å². The fourth-order valence-electron chi connectivity index (χ4n) is 7.40. The predicted octanol–water partition coefficient (Wildman–Crippen LogP) is 8.92. The van der Waals surface area contributed by atoms with Crippen LogP contribution in [0.25, 0.3) is 0 Å². The van der Waals surface area contributed by atoms with Gasteiger partial charge >= 0.3 is 0 Å². The van der Waals surface area contributed by atoms with Crippen molar-refractivity contribution in [3.8, 4) is 0 Å². The predicted molar refractivity (Wildman–Crippen MR) is 134 cm³/mol. The molecule has 4 rings (SSSR count). The molecule has 0 atom stereocenters. The van der Waals surface area contributed by atoms with Crippen molar-refractivity contribution in [1.82, 2.24) is 0 Å². The average Bonchev–Trinajstić information content (AvgIpc) is 2.87. The monoisotopic (exact) mass is 478 g/mol. The number of ether oxygens (including phenoxy) is 2. The van der Waals surface area contributed by atoms with Gasteiger partial charge in [0, 0.05) is 11.8 Å². The van der Waals surface area contributed by atoms with Crippen LogP contribution in [0.4, 0.5) is 8.78 Å². The summed E-state index contributed by atoms with van der Waals surface area (Å²) in [6, 6.07) is 0. The first-order valence-corrected chi connectivity index (χ1v) is 14.5. The Kier molecular flexibility index (Phi) is 10.5. The smallest absolute Gasteiger partial charge is 0.266 e. The molecule has 0 aromatic rings. The molecule has 34 heavy (non-hydrogen) atoms. The van der Waals surface area contributed by atoms with Gasteiger partial charge in [-0.3, -0.25) is 0 Å². The summed E-state index contributed by atoms with van der Waals surface area (Å²) in [6.07, 6.45) is 22.8. The van der Waals surface area contributed by atoms with Crippen molar-refractivity contribution in [1.29, 1.82) is 0 Å². The van der Waals surface area contributed by atoms with Gasteiger partial charge in [0.25, 0.3) is 6.08 Å². The fraction of sp³-hybridized carbons (Fsp3) is 0.867. The Hall–Kier alpha value is -0.740. The molecule has 0 unspecified atom stereocenters. The molecule has 4 heteroatoms. The van der Waals surface area contributed by atoms with Crippen LogP contribution >= 0.6 is 0 Å². The van der Waals surface area contributed by atoms with Crippen LogP contribution in [0.5, 0.6) is 0 Å². The minimum absolute atomic E-state index is 0.00709. The second-order valence-electron chi connectivity index (χ2n) is 12.0. The minimum atomic E-state index is -1.50. The van der Waals surface area contributed by atoms with Gasteiger partial charge in [0.1, 0.15) is 0 Å². The Morgan fingerprint density at radius 1 is 0.676 bits per heavy atom. The molecule has 1 saturated heterocycles. The van der Waals surface area contributed by atoms with E-state index < -0.39 is 6.08 Å².